The molecule has 1 aromatic carbocycles. The van der Waals surface area contributed by atoms with Gasteiger partial charge in [-0.25, -0.2) is 9.38 Å². The van der Waals surface area contributed by atoms with Crippen LogP contribution in [0, 0.1) is 5.82 Å². The number of hydrogen-bond acceptors (Lipinski definition) is 6. The molecule has 142 valence electrons. The van der Waals surface area contributed by atoms with Crippen LogP contribution in [0.3, 0.4) is 0 Å². The Labute approximate surface area is 168 Å². The van der Waals surface area contributed by atoms with E-state index in [2.05, 4.69) is 9.37 Å². The molecular weight excluding hydrogens is 414 g/mol. The predicted octanol–water partition coefficient (Wildman–Crippen LogP) is 3.41. The first-order valence-corrected chi connectivity index (χ1v) is 9.40. The number of carbonyl (C=O) groups is 2. The molecule has 1 atom stereocenters. The van der Waals surface area contributed by atoms with Crippen LogP contribution in [0.5, 0.6) is 0 Å². The van der Waals surface area contributed by atoms with Gasteiger partial charge in [0.25, 0.3) is 0 Å². The van der Waals surface area contributed by atoms with E-state index >= 15 is 0 Å². The van der Waals surface area contributed by atoms with E-state index in [1.807, 2.05) is 0 Å². The number of Topliss-reactive ketones (excluding diaryl/α,β-unsaturated/α-hetero) is 1. The average Bonchev–Trinajstić information content (AvgIpc) is 2.93. The quantitative estimate of drug-likeness (QED) is 0.755. The Morgan fingerprint density at radius 3 is 2.74 bits per heavy atom. The average molecular weight is 429 g/mol. The van der Waals surface area contributed by atoms with E-state index in [4.69, 9.17) is 28.9 Å². The van der Waals surface area contributed by atoms with Crippen LogP contribution in [0.15, 0.2) is 23.2 Å². The Bertz CT molecular complexity index is 978. The van der Waals surface area contributed by atoms with Crippen molar-refractivity contribution in [2.24, 2.45) is 10.7 Å². The number of guanidine groups is 1. The van der Waals surface area contributed by atoms with Gasteiger partial charge in [-0.05, 0) is 36.2 Å². The fourth-order valence-corrected chi connectivity index (χ4v) is 3.90. The molecule has 0 radical (unpaired) electrons. The third kappa shape index (κ3) is 3.69. The maximum atomic E-state index is 14.5. The first-order chi connectivity index (χ1) is 12.6. The van der Waals surface area contributed by atoms with E-state index in [1.54, 1.807) is 6.92 Å². The second-order valence-corrected chi connectivity index (χ2v) is 8.16. The molecule has 2 heterocycles. The summed E-state index contributed by atoms with van der Waals surface area (Å²) in [5.74, 6) is -1.13. The lowest BCUT2D eigenvalue weighted by molar-refractivity contribution is -0.128. The summed E-state index contributed by atoms with van der Waals surface area (Å²) in [5, 5.41) is 0.110. The minimum Gasteiger partial charge on any atom is -0.369 e. The molecule has 1 aliphatic heterocycles. The second-order valence-electron chi connectivity index (χ2n) is 6.41. The molecule has 0 spiro atoms. The Morgan fingerprint density at radius 1 is 1.44 bits per heavy atom. The Kier molecular flexibility index (Phi) is 5.24. The van der Waals surface area contributed by atoms with Crippen LogP contribution in [0.4, 0.5) is 4.39 Å². The molecule has 0 aliphatic carbocycles. The van der Waals surface area contributed by atoms with E-state index in [0.29, 0.717) is 5.56 Å². The molecule has 0 fully saturated rings. The van der Waals surface area contributed by atoms with Crippen molar-refractivity contribution in [2.45, 2.75) is 25.3 Å². The normalized spacial score (nSPS) is 20.0. The van der Waals surface area contributed by atoms with Crippen molar-refractivity contribution in [3.63, 3.8) is 0 Å². The molecule has 3 rings (SSSR count). The predicted molar refractivity (Wildman–Crippen MR) is 103 cm³/mol. The van der Waals surface area contributed by atoms with Crippen LogP contribution in [0.1, 0.15) is 35.0 Å². The summed E-state index contributed by atoms with van der Waals surface area (Å²) < 4.78 is 18.7. The molecule has 27 heavy (non-hydrogen) atoms. The molecule has 2 N–H and O–H groups in total. The Morgan fingerprint density at radius 2 is 2.15 bits per heavy atom. The van der Waals surface area contributed by atoms with E-state index in [0.717, 1.165) is 11.5 Å². The van der Waals surface area contributed by atoms with Crippen LogP contribution in [-0.4, -0.2) is 34.0 Å². The molecule has 1 amide bonds. The van der Waals surface area contributed by atoms with Gasteiger partial charge in [0.05, 0.1) is 12.0 Å². The third-order valence-corrected chi connectivity index (χ3v) is 6.02. The van der Waals surface area contributed by atoms with Crippen molar-refractivity contribution in [3.05, 3.63) is 50.2 Å². The highest BCUT2D eigenvalue weighted by Crippen LogP contribution is 2.35. The zero-order chi connectivity index (χ0) is 19.9. The van der Waals surface area contributed by atoms with Crippen LogP contribution >= 0.6 is 34.7 Å². The summed E-state index contributed by atoms with van der Waals surface area (Å²) >= 11 is 12.7. The van der Waals surface area contributed by atoms with E-state index in [9.17, 15) is 14.0 Å². The molecule has 2 aromatic rings. The molecule has 1 aromatic heterocycles. The van der Waals surface area contributed by atoms with Gasteiger partial charge in [0.15, 0.2) is 11.7 Å². The summed E-state index contributed by atoms with van der Waals surface area (Å²) in [6, 6.07) is 4.25. The van der Waals surface area contributed by atoms with Gasteiger partial charge in [-0.3, -0.25) is 14.5 Å². The van der Waals surface area contributed by atoms with E-state index < -0.39 is 11.4 Å². The fourth-order valence-electron chi connectivity index (χ4n) is 2.86. The fraction of sp³-hybridized carbons (Fsp3) is 0.294. The van der Waals surface area contributed by atoms with Crippen LogP contribution in [0.25, 0.3) is 0 Å². The highest BCUT2D eigenvalue weighted by atomic mass is 35.5. The number of nitrogens with zero attached hydrogens (tertiary/aromatic N) is 3. The van der Waals surface area contributed by atoms with E-state index in [-0.39, 0.29) is 51.1 Å². The molecule has 6 nitrogen and oxygen atoms in total. The topological polar surface area (TPSA) is 88.7 Å². The van der Waals surface area contributed by atoms with Gasteiger partial charge in [-0.1, -0.05) is 29.3 Å². The summed E-state index contributed by atoms with van der Waals surface area (Å²) in [6.07, 6.45) is -0.0811. The zero-order valence-electron chi connectivity index (χ0n) is 14.4. The smallest absolute Gasteiger partial charge is 0.231 e. The highest BCUT2D eigenvalue weighted by molar-refractivity contribution is 7.11. The highest BCUT2D eigenvalue weighted by Gasteiger charge is 2.38. The standard InChI is InChI=1S/C17H15Cl2FN4O2S/c1-17(7-12(26)24(2)16(21)22-17)9-5-8(3-4-10(9)20)6-11(25)14-13(18)15(19)27-23-14/h3-5H,6-7H2,1-2H3,(H2,21,22). The SMILES string of the molecule is CN1C(=O)CC(C)(c2cc(CC(=O)c3nsc(Cl)c3Cl)ccc2F)N=C1N. The van der Waals surface area contributed by atoms with Crippen molar-refractivity contribution in [3.8, 4) is 0 Å². The summed E-state index contributed by atoms with van der Waals surface area (Å²) in [5.41, 5.74) is 5.45. The van der Waals surface area contributed by atoms with Crippen LogP contribution < -0.4 is 5.73 Å². The number of amides is 1. The van der Waals surface area contributed by atoms with Crippen LogP contribution in [0.2, 0.25) is 9.36 Å². The monoisotopic (exact) mass is 428 g/mol. The van der Waals surface area contributed by atoms with Crippen molar-refractivity contribution >= 4 is 52.4 Å². The number of nitrogens with two attached hydrogens (primary N) is 1. The molecule has 1 unspecified atom stereocenters. The number of benzene rings is 1. The zero-order valence-corrected chi connectivity index (χ0v) is 16.8. The number of rotatable bonds is 4. The van der Waals surface area contributed by atoms with Crippen molar-refractivity contribution in [1.29, 1.82) is 0 Å². The molecule has 1 aliphatic rings. The number of aromatic nitrogens is 1. The second kappa shape index (κ2) is 7.18. The molecular formula is C17H15Cl2FN4O2S. The third-order valence-electron chi connectivity index (χ3n) is 4.41. The minimum absolute atomic E-state index is 0.0125. The van der Waals surface area contributed by atoms with Crippen molar-refractivity contribution in [2.75, 3.05) is 7.05 Å². The van der Waals surface area contributed by atoms with Crippen LogP contribution in [-0.2, 0) is 16.8 Å². The Balaban J connectivity index is 1.94. The van der Waals surface area contributed by atoms with Gasteiger partial charge < -0.3 is 5.73 Å². The van der Waals surface area contributed by atoms with Gasteiger partial charge in [0, 0.05) is 19.0 Å². The molecule has 10 heteroatoms. The molecule has 0 saturated heterocycles. The first-order valence-electron chi connectivity index (χ1n) is 7.87. The summed E-state index contributed by atoms with van der Waals surface area (Å²) in [4.78, 5) is 30.1. The molecule has 0 bridgehead atoms. The first kappa shape index (κ1) is 19.7. The minimum atomic E-state index is -1.15. The maximum Gasteiger partial charge on any atom is 0.231 e. The van der Waals surface area contributed by atoms with Gasteiger partial charge in [0.2, 0.25) is 5.91 Å². The van der Waals surface area contributed by atoms with Crippen molar-refractivity contribution < 1.29 is 14.0 Å². The van der Waals surface area contributed by atoms with Gasteiger partial charge in [-0.15, -0.1) is 0 Å². The number of aliphatic imine (C=N–C) groups is 1. The lowest BCUT2D eigenvalue weighted by atomic mass is 9.85. The summed E-state index contributed by atoms with van der Waals surface area (Å²) in [7, 11) is 1.51. The van der Waals surface area contributed by atoms with Gasteiger partial charge in [0.1, 0.15) is 20.9 Å². The lowest BCUT2D eigenvalue weighted by Crippen LogP contribution is -2.47. The maximum absolute atomic E-state index is 14.5. The van der Waals surface area contributed by atoms with Crippen molar-refractivity contribution in [1.82, 2.24) is 9.27 Å². The van der Waals surface area contributed by atoms with Gasteiger partial charge >= 0.3 is 0 Å². The lowest BCUT2D eigenvalue weighted by Gasteiger charge is -2.34. The molecule has 0 saturated carbocycles. The van der Waals surface area contributed by atoms with Gasteiger partial charge in [-0.2, -0.15) is 4.37 Å². The number of carbonyl (C=O) groups excluding carboxylic acids is 2. The van der Waals surface area contributed by atoms with E-state index in [1.165, 1.54) is 30.1 Å². The summed E-state index contributed by atoms with van der Waals surface area (Å²) in [6.45, 7) is 1.63. The Hall–Kier alpha value is -2.03. The number of hydrogen-bond donors (Lipinski definition) is 1. The number of ketones is 1. The largest absolute Gasteiger partial charge is 0.369 e. The number of halogens is 3.